The van der Waals surface area contributed by atoms with E-state index in [9.17, 15) is 9.59 Å². The van der Waals surface area contributed by atoms with Crippen molar-refractivity contribution >= 4 is 12.1 Å². The van der Waals surface area contributed by atoms with Crippen molar-refractivity contribution in [2.24, 2.45) is 5.92 Å². The third kappa shape index (κ3) is 30.8. The molecule has 2 unspecified atom stereocenters. The zero-order valence-corrected chi connectivity index (χ0v) is 31.0. The number of esters is 1. The summed E-state index contributed by atoms with van der Waals surface area (Å²) in [5.74, 6) is -0.257. The predicted molar refractivity (Wildman–Crippen MR) is 195 cm³/mol. The van der Waals surface area contributed by atoms with Crippen LogP contribution in [0.4, 0.5) is 4.79 Å². The molecule has 0 bridgehead atoms. The molecule has 0 spiro atoms. The fraction of sp³-hybridized carbons (Fsp3) is 0.850. The summed E-state index contributed by atoms with van der Waals surface area (Å²) in [5.41, 5.74) is 0. The Hall–Kier alpha value is -1.82. The molecule has 0 aromatic rings. The highest BCUT2D eigenvalue weighted by Gasteiger charge is 2.23. The van der Waals surface area contributed by atoms with Crippen LogP contribution in [0.3, 0.4) is 0 Å². The molecule has 6 heteroatoms. The van der Waals surface area contributed by atoms with Crippen LogP contribution in [0, 0.1) is 5.92 Å². The first-order valence-corrected chi connectivity index (χ1v) is 19.4. The van der Waals surface area contributed by atoms with E-state index in [1.807, 2.05) is 25.9 Å². The Morgan fingerprint density at radius 2 is 1.11 bits per heavy atom. The maximum Gasteiger partial charge on any atom is 0.508 e. The van der Waals surface area contributed by atoms with Crippen LogP contribution in [0.15, 0.2) is 24.3 Å². The maximum absolute atomic E-state index is 12.8. The number of hydrogen-bond acceptors (Lipinski definition) is 6. The smallest absolute Gasteiger partial charge is 0.466 e. The highest BCUT2D eigenvalue weighted by molar-refractivity contribution is 5.72. The molecule has 0 rings (SSSR count). The Morgan fingerprint density at radius 3 is 1.70 bits per heavy atom. The van der Waals surface area contributed by atoms with Gasteiger partial charge in [0.1, 0.15) is 12.7 Å². The second-order valence-electron chi connectivity index (χ2n) is 13.3. The monoisotopic (exact) mass is 650 g/mol. The van der Waals surface area contributed by atoms with E-state index in [4.69, 9.17) is 14.2 Å². The molecule has 0 amide bonds. The van der Waals surface area contributed by atoms with Crippen LogP contribution in [0.5, 0.6) is 0 Å². The molecule has 0 fully saturated rings. The van der Waals surface area contributed by atoms with Crippen LogP contribution in [-0.4, -0.2) is 57.0 Å². The van der Waals surface area contributed by atoms with Crippen molar-refractivity contribution in [1.82, 2.24) is 4.90 Å². The zero-order valence-electron chi connectivity index (χ0n) is 31.0. The molecule has 0 saturated heterocycles. The highest BCUT2D eigenvalue weighted by atomic mass is 16.7. The van der Waals surface area contributed by atoms with Gasteiger partial charge in [0.05, 0.1) is 12.5 Å². The fourth-order valence-electron chi connectivity index (χ4n) is 5.66. The number of carbonyl (C=O) groups excluding carboxylic acids is 2. The lowest BCUT2D eigenvalue weighted by Crippen LogP contribution is -2.25. The summed E-state index contributed by atoms with van der Waals surface area (Å²) < 4.78 is 16.6. The second kappa shape index (κ2) is 34.5. The van der Waals surface area contributed by atoms with Gasteiger partial charge in [0.15, 0.2) is 0 Å². The number of ether oxygens (including phenoxy) is 3. The first-order chi connectivity index (χ1) is 22.4. The third-order valence-corrected chi connectivity index (χ3v) is 8.61. The second-order valence-corrected chi connectivity index (χ2v) is 13.3. The molecule has 0 aromatic heterocycles. The van der Waals surface area contributed by atoms with E-state index >= 15 is 0 Å². The molecular formula is C40H75NO5. The van der Waals surface area contributed by atoms with Crippen LogP contribution in [0.1, 0.15) is 175 Å². The molecule has 0 aliphatic heterocycles. The van der Waals surface area contributed by atoms with Gasteiger partial charge < -0.3 is 19.1 Å². The van der Waals surface area contributed by atoms with Gasteiger partial charge >= 0.3 is 12.1 Å². The lowest BCUT2D eigenvalue weighted by molar-refractivity contribution is -0.148. The van der Waals surface area contributed by atoms with Crippen molar-refractivity contribution in [2.45, 2.75) is 181 Å². The molecule has 0 radical (unpaired) electrons. The summed E-state index contributed by atoms with van der Waals surface area (Å²) in [5, 5.41) is 0. The Balaban J connectivity index is 4.59. The van der Waals surface area contributed by atoms with E-state index in [0.717, 1.165) is 51.4 Å². The molecule has 6 nitrogen and oxygen atoms in total. The molecule has 0 heterocycles. The summed E-state index contributed by atoms with van der Waals surface area (Å²) in [7, 11) is 3.90. The predicted octanol–water partition coefficient (Wildman–Crippen LogP) is 11.8. The fourth-order valence-corrected chi connectivity index (χ4v) is 5.66. The van der Waals surface area contributed by atoms with Gasteiger partial charge in [-0.1, -0.05) is 128 Å². The summed E-state index contributed by atoms with van der Waals surface area (Å²) in [6, 6.07) is 0. The van der Waals surface area contributed by atoms with Crippen molar-refractivity contribution in [3.63, 3.8) is 0 Å². The summed E-state index contributed by atoms with van der Waals surface area (Å²) in [4.78, 5) is 27.2. The first kappa shape index (κ1) is 44.2. The van der Waals surface area contributed by atoms with Crippen LogP contribution in [-0.2, 0) is 19.0 Å². The molecule has 270 valence electrons. The summed E-state index contributed by atoms with van der Waals surface area (Å²) in [6.07, 6.45) is 35.8. The van der Waals surface area contributed by atoms with Crippen molar-refractivity contribution < 1.29 is 23.8 Å². The van der Waals surface area contributed by atoms with Crippen molar-refractivity contribution in [2.75, 3.05) is 33.9 Å². The van der Waals surface area contributed by atoms with Gasteiger partial charge in [0.2, 0.25) is 0 Å². The van der Waals surface area contributed by atoms with E-state index in [-0.39, 0.29) is 18.0 Å². The van der Waals surface area contributed by atoms with Gasteiger partial charge in [-0.2, -0.15) is 0 Å². The summed E-state index contributed by atoms with van der Waals surface area (Å²) >= 11 is 0. The largest absolute Gasteiger partial charge is 0.508 e. The van der Waals surface area contributed by atoms with Crippen LogP contribution in [0.2, 0.25) is 0 Å². The van der Waals surface area contributed by atoms with E-state index in [2.05, 4.69) is 38.2 Å². The quantitative estimate of drug-likeness (QED) is 0.0400. The number of carbonyl (C=O) groups is 2. The van der Waals surface area contributed by atoms with Gasteiger partial charge in [-0.25, -0.2) is 4.79 Å². The van der Waals surface area contributed by atoms with Gasteiger partial charge in [-0.15, -0.1) is 0 Å². The molecule has 0 aromatic carbocycles. The topological polar surface area (TPSA) is 65.1 Å². The normalized spacial score (nSPS) is 13.1. The van der Waals surface area contributed by atoms with Crippen LogP contribution >= 0.6 is 0 Å². The lowest BCUT2D eigenvalue weighted by Gasteiger charge is -2.21. The van der Waals surface area contributed by atoms with Gasteiger partial charge in [0, 0.05) is 6.54 Å². The minimum atomic E-state index is -0.594. The molecule has 0 aliphatic rings. The molecule has 2 atom stereocenters. The zero-order chi connectivity index (χ0) is 33.9. The van der Waals surface area contributed by atoms with Crippen molar-refractivity contribution in [3.05, 3.63) is 24.3 Å². The third-order valence-electron chi connectivity index (χ3n) is 8.61. The van der Waals surface area contributed by atoms with Gasteiger partial charge in [-0.05, 0) is 85.2 Å². The number of rotatable bonds is 33. The average Bonchev–Trinajstić information content (AvgIpc) is 3.03. The minimum Gasteiger partial charge on any atom is -0.466 e. The van der Waals surface area contributed by atoms with Crippen LogP contribution < -0.4 is 0 Å². The molecule has 46 heavy (non-hydrogen) atoms. The number of hydrogen-bond donors (Lipinski definition) is 0. The number of likely N-dealkylation sites (N-methyl/N-ethyl adjacent to an activating group) is 1. The Labute approximate surface area is 285 Å². The van der Waals surface area contributed by atoms with E-state index in [1.165, 1.54) is 89.9 Å². The van der Waals surface area contributed by atoms with E-state index in [0.29, 0.717) is 32.6 Å². The number of nitrogens with zero attached hydrogens (tertiary/aromatic N) is 1. The molecular weight excluding hydrogens is 574 g/mol. The van der Waals surface area contributed by atoms with Crippen molar-refractivity contribution in [1.29, 1.82) is 0 Å². The minimum absolute atomic E-state index is 0.112. The van der Waals surface area contributed by atoms with Gasteiger partial charge in [0.25, 0.3) is 0 Å². The Bertz CT molecular complexity index is 735. The maximum atomic E-state index is 12.8. The SMILES string of the molecule is CCCCC/C=C\C/C=C\CCCCCCC(CCC(CCCCCCCCCCCC)OC(=O)OCCN(C)C)C(=O)OCC. The summed E-state index contributed by atoms with van der Waals surface area (Å²) in [6.45, 7) is 7.74. The Morgan fingerprint density at radius 1 is 0.587 bits per heavy atom. The molecule has 0 N–H and O–H groups in total. The molecule has 0 aliphatic carbocycles. The van der Waals surface area contributed by atoms with Crippen LogP contribution in [0.25, 0.3) is 0 Å². The van der Waals surface area contributed by atoms with E-state index in [1.54, 1.807) is 0 Å². The highest BCUT2D eigenvalue weighted by Crippen LogP contribution is 2.23. The van der Waals surface area contributed by atoms with Crippen molar-refractivity contribution in [3.8, 4) is 0 Å². The average molecular weight is 650 g/mol. The Kier molecular flexibility index (Phi) is 33.1. The number of unbranched alkanes of at least 4 members (excludes halogenated alkanes) is 16. The van der Waals surface area contributed by atoms with E-state index < -0.39 is 6.16 Å². The standard InChI is InChI=1S/C40H75NO5/c1-6-9-11-13-15-17-19-20-21-22-23-25-27-29-31-37(39(42)44-8-3)33-34-38(46-40(43)45-36-35-41(4)5)32-30-28-26-24-18-16-14-12-10-7-2/h15,17,20-21,37-38H,6-14,16,18-19,22-36H2,1-5H3/b17-15-,21-20-. The molecule has 0 saturated carbocycles. The van der Waals surface area contributed by atoms with Gasteiger partial charge in [-0.3, -0.25) is 4.79 Å². The lowest BCUT2D eigenvalue weighted by atomic mass is 9.93. The first-order valence-electron chi connectivity index (χ1n) is 19.4. The number of allylic oxidation sites excluding steroid dienone is 4.